The number of nitrogens with two attached hydrogens (primary N) is 1. The lowest BCUT2D eigenvalue weighted by molar-refractivity contribution is -0.0222. The molecule has 0 amide bonds. The fraction of sp³-hybridized carbons (Fsp3) is 0.500. The number of hydrogen-bond acceptors (Lipinski definition) is 5. The molecular formula is C16H21N3O2. The minimum absolute atomic E-state index is 0.351. The van der Waals surface area contributed by atoms with E-state index < -0.39 is 5.54 Å². The van der Waals surface area contributed by atoms with Crippen LogP contribution in [0.25, 0.3) is 0 Å². The largest absolute Gasteiger partial charge is 0.376 e. The second kappa shape index (κ2) is 5.95. The van der Waals surface area contributed by atoms with Gasteiger partial charge in [-0.15, -0.1) is 0 Å². The fourth-order valence-electron chi connectivity index (χ4n) is 2.22. The van der Waals surface area contributed by atoms with Crippen LogP contribution in [-0.2, 0) is 16.7 Å². The third-order valence-corrected chi connectivity index (χ3v) is 3.85. The van der Waals surface area contributed by atoms with Gasteiger partial charge in [0.2, 0.25) is 5.89 Å². The number of aromatic nitrogens is 2. The Morgan fingerprint density at radius 1 is 1.33 bits per heavy atom. The van der Waals surface area contributed by atoms with Crippen molar-refractivity contribution >= 4 is 0 Å². The summed E-state index contributed by atoms with van der Waals surface area (Å²) in [5, 5.41) is 4.01. The average Bonchev–Trinajstić information content (AvgIpc) is 2.87. The first-order chi connectivity index (χ1) is 10.1. The molecule has 1 saturated carbocycles. The molecule has 1 aromatic heterocycles. The lowest BCUT2D eigenvalue weighted by Crippen LogP contribution is -2.41. The zero-order valence-corrected chi connectivity index (χ0v) is 12.3. The van der Waals surface area contributed by atoms with Crippen LogP contribution in [0, 0.1) is 0 Å². The van der Waals surface area contributed by atoms with Gasteiger partial charge in [0.1, 0.15) is 5.54 Å². The molecular weight excluding hydrogens is 266 g/mol. The third-order valence-electron chi connectivity index (χ3n) is 3.85. The van der Waals surface area contributed by atoms with E-state index in [9.17, 15) is 0 Å². The van der Waals surface area contributed by atoms with Crippen molar-refractivity contribution in [3.8, 4) is 0 Å². The van der Waals surface area contributed by atoms with E-state index in [0.29, 0.717) is 30.8 Å². The van der Waals surface area contributed by atoms with E-state index in [1.165, 1.54) is 6.42 Å². The van der Waals surface area contributed by atoms with Crippen LogP contribution in [0.4, 0.5) is 0 Å². The van der Waals surface area contributed by atoms with Gasteiger partial charge in [-0.3, -0.25) is 0 Å². The Kier molecular flexibility index (Phi) is 4.03. The molecule has 1 aliphatic carbocycles. The molecule has 1 unspecified atom stereocenters. The molecule has 2 N–H and O–H groups in total. The molecule has 21 heavy (non-hydrogen) atoms. The minimum Gasteiger partial charge on any atom is -0.376 e. The van der Waals surface area contributed by atoms with Gasteiger partial charge in [0.05, 0.1) is 19.1 Å². The summed E-state index contributed by atoms with van der Waals surface area (Å²) in [6.07, 6.45) is 4.47. The molecule has 3 rings (SSSR count). The molecule has 1 heterocycles. The topological polar surface area (TPSA) is 74.2 Å². The number of benzene rings is 1. The highest BCUT2D eigenvalue weighted by atomic mass is 16.5. The first-order valence-electron chi connectivity index (χ1n) is 7.41. The van der Waals surface area contributed by atoms with E-state index in [1.54, 1.807) is 0 Å². The van der Waals surface area contributed by atoms with Gasteiger partial charge >= 0.3 is 0 Å². The Hall–Kier alpha value is -1.72. The SMILES string of the molecule is CC(N)(COC1CCC1)c1noc(Cc2ccccc2)n1. The Morgan fingerprint density at radius 2 is 2.10 bits per heavy atom. The molecule has 5 heteroatoms. The zero-order chi connectivity index (χ0) is 14.7. The molecule has 1 aromatic carbocycles. The van der Waals surface area contributed by atoms with Gasteiger partial charge in [-0.05, 0) is 31.7 Å². The van der Waals surface area contributed by atoms with Crippen molar-refractivity contribution in [1.82, 2.24) is 10.1 Å². The maximum absolute atomic E-state index is 6.26. The molecule has 0 saturated heterocycles. The number of nitrogens with zero attached hydrogens (tertiary/aromatic N) is 2. The van der Waals surface area contributed by atoms with E-state index in [0.717, 1.165) is 18.4 Å². The highest BCUT2D eigenvalue weighted by molar-refractivity contribution is 5.18. The van der Waals surface area contributed by atoms with Crippen LogP contribution in [0.5, 0.6) is 0 Å². The summed E-state index contributed by atoms with van der Waals surface area (Å²) in [6.45, 7) is 2.30. The molecule has 5 nitrogen and oxygen atoms in total. The lowest BCUT2D eigenvalue weighted by Gasteiger charge is -2.29. The zero-order valence-electron chi connectivity index (χ0n) is 12.3. The second-order valence-corrected chi connectivity index (χ2v) is 5.96. The van der Waals surface area contributed by atoms with E-state index in [-0.39, 0.29) is 0 Å². The van der Waals surface area contributed by atoms with Gasteiger partial charge in [-0.1, -0.05) is 35.5 Å². The lowest BCUT2D eigenvalue weighted by atomic mass is 9.95. The quantitative estimate of drug-likeness (QED) is 0.883. The highest BCUT2D eigenvalue weighted by Gasteiger charge is 2.30. The predicted octanol–water partition coefficient (Wildman–Crippen LogP) is 2.40. The van der Waals surface area contributed by atoms with Crippen molar-refractivity contribution in [3.05, 3.63) is 47.6 Å². The fourth-order valence-corrected chi connectivity index (χ4v) is 2.22. The second-order valence-electron chi connectivity index (χ2n) is 5.96. The molecule has 0 aliphatic heterocycles. The predicted molar refractivity (Wildman–Crippen MR) is 78.7 cm³/mol. The van der Waals surface area contributed by atoms with Crippen LogP contribution in [0.15, 0.2) is 34.9 Å². The van der Waals surface area contributed by atoms with Gasteiger partial charge in [0.15, 0.2) is 5.82 Å². The summed E-state index contributed by atoms with van der Waals surface area (Å²) >= 11 is 0. The van der Waals surface area contributed by atoms with Crippen molar-refractivity contribution in [1.29, 1.82) is 0 Å². The summed E-state index contributed by atoms with van der Waals surface area (Å²) in [5.41, 5.74) is 6.68. The van der Waals surface area contributed by atoms with Crippen LogP contribution in [0.1, 0.15) is 43.5 Å². The van der Waals surface area contributed by atoms with Crippen LogP contribution < -0.4 is 5.73 Å². The van der Waals surface area contributed by atoms with Crippen molar-refractivity contribution in [2.75, 3.05) is 6.61 Å². The minimum atomic E-state index is -0.714. The first kappa shape index (κ1) is 14.2. The Labute approximate surface area is 124 Å². The van der Waals surface area contributed by atoms with Crippen LogP contribution in [-0.4, -0.2) is 22.9 Å². The summed E-state index contributed by atoms with van der Waals surface area (Å²) in [4.78, 5) is 4.42. The van der Waals surface area contributed by atoms with Crippen molar-refractivity contribution < 1.29 is 9.26 Å². The van der Waals surface area contributed by atoms with Gasteiger partial charge in [0.25, 0.3) is 0 Å². The Balaban J connectivity index is 1.62. The van der Waals surface area contributed by atoms with Crippen LogP contribution in [0.2, 0.25) is 0 Å². The summed E-state index contributed by atoms with van der Waals surface area (Å²) in [7, 11) is 0. The van der Waals surface area contributed by atoms with Crippen molar-refractivity contribution in [3.63, 3.8) is 0 Å². The smallest absolute Gasteiger partial charge is 0.231 e. The first-order valence-corrected chi connectivity index (χ1v) is 7.41. The summed E-state index contributed by atoms with van der Waals surface area (Å²) < 4.78 is 11.1. The molecule has 1 fully saturated rings. The van der Waals surface area contributed by atoms with E-state index in [4.69, 9.17) is 15.0 Å². The van der Waals surface area contributed by atoms with Crippen LogP contribution >= 0.6 is 0 Å². The number of hydrogen-bond donors (Lipinski definition) is 1. The maximum atomic E-state index is 6.26. The molecule has 0 bridgehead atoms. The normalized spacial score (nSPS) is 18.2. The van der Waals surface area contributed by atoms with Gasteiger partial charge in [-0.2, -0.15) is 4.98 Å². The monoisotopic (exact) mass is 287 g/mol. The molecule has 1 atom stereocenters. The van der Waals surface area contributed by atoms with E-state index in [1.807, 2.05) is 37.3 Å². The molecule has 112 valence electrons. The maximum Gasteiger partial charge on any atom is 0.231 e. The third kappa shape index (κ3) is 3.49. The van der Waals surface area contributed by atoms with Crippen LogP contribution in [0.3, 0.4) is 0 Å². The highest BCUT2D eigenvalue weighted by Crippen LogP contribution is 2.24. The molecule has 0 radical (unpaired) electrons. The van der Waals surface area contributed by atoms with Crippen molar-refractivity contribution in [2.45, 2.75) is 44.2 Å². The summed E-state index contributed by atoms with van der Waals surface area (Å²) in [6, 6.07) is 10.0. The Morgan fingerprint density at radius 3 is 2.76 bits per heavy atom. The molecule has 0 spiro atoms. The van der Waals surface area contributed by atoms with E-state index >= 15 is 0 Å². The standard InChI is InChI=1S/C16H21N3O2/c1-16(17,11-20-13-8-5-9-13)15-18-14(21-19-15)10-12-6-3-2-4-7-12/h2-4,6-7,13H,5,8-11,17H2,1H3. The van der Waals surface area contributed by atoms with Crippen molar-refractivity contribution in [2.24, 2.45) is 5.73 Å². The molecule has 2 aromatic rings. The van der Waals surface area contributed by atoms with Gasteiger partial charge in [-0.25, -0.2) is 0 Å². The van der Waals surface area contributed by atoms with Gasteiger partial charge < -0.3 is 15.0 Å². The summed E-state index contributed by atoms with van der Waals surface area (Å²) in [5.74, 6) is 1.09. The molecule has 1 aliphatic rings. The average molecular weight is 287 g/mol. The van der Waals surface area contributed by atoms with Gasteiger partial charge in [0, 0.05) is 0 Å². The van der Waals surface area contributed by atoms with E-state index in [2.05, 4.69) is 10.1 Å². The Bertz CT molecular complexity index is 576. The number of rotatable bonds is 6. The number of ether oxygens (including phenoxy) is 1.